The largest absolute Gasteiger partial charge is 0.573 e. The second-order valence-electron chi connectivity index (χ2n) is 6.35. The third kappa shape index (κ3) is 6.63. The molecule has 0 saturated heterocycles. The molecule has 3 aromatic rings. The molecule has 0 bridgehead atoms. The molecule has 9 heteroatoms. The topological polar surface area (TPSA) is 79.3 Å². The van der Waals surface area contributed by atoms with Gasteiger partial charge in [0.25, 0.3) is 0 Å². The minimum atomic E-state index is -4.78. The van der Waals surface area contributed by atoms with Gasteiger partial charge in [-0.2, -0.15) is 4.98 Å². The van der Waals surface area contributed by atoms with E-state index in [1.54, 1.807) is 12.1 Å². The summed E-state index contributed by atoms with van der Waals surface area (Å²) in [5.74, 6) is 0.437. The highest BCUT2D eigenvalue weighted by molar-refractivity contribution is 5.66. The quantitative estimate of drug-likeness (QED) is 0.486. The van der Waals surface area contributed by atoms with Crippen molar-refractivity contribution < 1.29 is 23.0 Å². The maximum Gasteiger partial charge on any atom is 0.573 e. The maximum absolute atomic E-state index is 12.5. The Morgan fingerprint density at radius 2 is 1.70 bits per heavy atom. The van der Waals surface area contributed by atoms with E-state index in [0.717, 1.165) is 12.0 Å². The molecule has 0 unspecified atom stereocenters. The van der Waals surface area contributed by atoms with E-state index in [9.17, 15) is 13.2 Å². The summed E-state index contributed by atoms with van der Waals surface area (Å²) in [7, 11) is 0. The minimum Gasteiger partial charge on any atom is -0.406 e. The zero-order valence-electron chi connectivity index (χ0n) is 16.0. The van der Waals surface area contributed by atoms with Crippen LogP contribution in [0.1, 0.15) is 5.56 Å². The van der Waals surface area contributed by atoms with E-state index in [4.69, 9.17) is 5.11 Å². The fraction of sp³-hybridized carbons (Fsp3) is 0.238. The Labute approximate surface area is 171 Å². The predicted molar refractivity (Wildman–Crippen MR) is 108 cm³/mol. The van der Waals surface area contributed by atoms with Crippen molar-refractivity contribution in [3.8, 4) is 17.0 Å². The first kappa shape index (κ1) is 21.4. The third-order valence-corrected chi connectivity index (χ3v) is 4.05. The molecule has 3 N–H and O–H groups in total. The van der Waals surface area contributed by atoms with Gasteiger partial charge < -0.3 is 20.5 Å². The van der Waals surface area contributed by atoms with Gasteiger partial charge in [0.1, 0.15) is 11.6 Å². The van der Waals surface area contributed by atoms with E-state index in [0.29, 0.717) is 23.6 Å². The van der Waals surface area contributed by atoms with Crippen molar-refractivity contribution in [1.29, 1.82) is 0 Å². The number of hydrogen-bond acceptors (Lipinski definition) is 6. The number of ether oxygens (including phenoxy) is 1. The molecular formula is C21H21F3N4O2. The van der Waals surface area contributed by atoms with Crippen molar-refractivity contribution in [2.45, 2.75) is 12.8 Å². The molecule has 0 aliphatic heterocycles. The lowest BCUT2D eigenvalue weighted by atomic mass is 10.1. The summed E-state index contributed by atoms with van der Waals surface area (Å²) in [5.41, 5.74) is 2.02. The van der Waals surface area contributed by atoms with Gasteiger partial charge >= 0.3 is 6.36 Å². The van der Waals surface area contributed by atoms with Gasteiger partial charge in [-0.05, 0) is 24.1 Å². The minimum absolute atomic E-state index is 0.112. The summed E-state index contributed by atoms with van der Waals surface area (Å²) in [6.07, 6.45) is -4.00. The van der Waals surface area contributed by atoms with E-state index in [1.165, 1.54) is 18.2 Å². The Hall–Kier alpha value is -3.33. The average molecular weight is 418 g/mol. The molecule has 0 atom stereocenters. The highest BCUT2D eigenvalue weighted by Gasteiger charge is 2.31. The zero-order chi connectivity index (χ0) is 21.4. The second kappa shape index (κ2) is 9.93. The Kier molecular flexibility index (Phi) is 7.08. The van der Waals surface area contributed by atoms with E-state index in [2.05, 4.69) is 25.3 Å². The number of anilines is 2. The molecule has 0 radical (unpaired) electrons. The van der Waals surface area contributed by atoms with Gasteiger partial charge in [-0.25, -0.2) is 4.98 Å². The summed E-state index contributed by atoms with van der Waals surface area (Å²) in [6, 6.07) is 17.2. The van der Waals surface area contributed by atoms with Crippen LogP contribution in [0.15, 0.2) is 60.7 Å². The zero-order valence-corrected chi connectivity index (χ0v) is 16.0. The van der Waals surface area contributed by atoms with Crippen LogP contribution in [-0.2, 0) is 6.42 Å². The summed E-state index contributed by atoms with van der Waals surface area (Å²) in [6.45, 7) is 0.737. The summed E-state index contributed by atoms with van der Waals surface area (Å²) in [5, 5.41) is 15.1. The van der Waals surface area contributed by atoms with Crippen LogP contribution >= 0.6 is 0 Å². The lowest BCUT2D eigenvalue weighted by Gasteiger charge is -2.13. The van der Waals surface area contributed by atoms with Gasteiger partial charge in [0.05, 0.1) is 12.3 Å². The van der Waals surface area contributed by atoms with Crippen molar-refractivity contribution in [2.24, 2.45) is 0 Å². The number of aliphatic hydroxyl groups is 1. The van der Waals surface area contributed by atoms with Crippen molar-refractivity contribution in [3.63, 3.8) is 0 Å². The molecule has 1 aromatic heterocycles. The smallest absolute Gasteiger partial charge is 0.406 e. The van der Waals surface area contributed by atoms with Crippen LogP contribution in [0.2, 0.25) is 0 Å². The molecular weight excluding hydrogens is 397 g/mol. The van der Waals surface area contributed by atoms with Crippen LogP contribution in [0.3, 0.4) is 0 Å². The standard InChI is InChI=1S/C21H21F3N4O2/c22-21(23,24)30-17-8-4-7-16(13-17)18-14-19(28-20(27-18)26-11-12-29)25-10-9-15-5-2-1-3-6-15/h1-8,13-14,29H,9-12H2,(H2,25,26,27,28). The van der Waals surface area contributed by atoms with Crippen LogP contribution in [0.5, 0.6) is 5.75 Å². The number of alkyl halides is 3. The first-order valence-electron chi connectivity index (χ1n) is 9.31. The predicted octanol–water partition coefficient (Wildman–Crippen LogP) is 4.10. The number of halogens is 3. The van der Waals surface area contributed by atoms with Crippen LogP contribution < -0.4 is 15.4 Å². The Morgan fingerprint density at radius 3 is 2.43 bits per heavy atom. The summed E-state index contributed by atoms with van der Waals surface area (Å²) >= 11 is 0. The van der Waals surface area contributed by atoms with Crippen LogP contribution in [0.25, 0.3) is 11.3 Å². The normalized spacial score (nSPS) is 11.2. The maximum atomic E-state index is 12.5. The van der Waals surface area contributed by atoms with E-state index < -0.39 is 6.36 Å². The molecule has 6 nitrogen and oxygen atoms in total. The summed E-state index contributed by atoms with van der Waals surface area (Å²) < 4.78 is 41.6. The molecule has 0 aliphatic carbocycles. The Bertz CT molecular complexity index is 952. The molecule has 0 aliphatic rings. The average Bonchev–Trinajstić information content (AvgIpc) is 2.72. The van der Waals surface area contributed by atoms with Crippen molar-refractivity contribution in [3.05, 3.63) is 66.2 Å². The molecule has 2 aromatic carbocycles. The number of hydrogen-bond donors (Lipinski definition) is 3. The molecule has 0 fully saturated rings. The lowest BCUT2D eigenvalue weighted by Crippen LogP contribution is -2.17. The van der Waals surface area contributed by atoms with Crippen molar-refractivity contribution in [1.82, 2.24) is 9.97 Å². The number of benzene rings is 2. The fourth-order valence-corrected chi connectivity index (χ4v) is 2.76. The second-order valence-corrected chi connectivity index (χ2v) is 6.35. The highest BCUT2D eigenvalue weighted by atomic mass is 19.4. The molecule has 0 saturated carbocycles. The Morgan fingerprint density at radius 1 is 0.900 bits per heavy atom. The monoisotopic (exact) mass is 418 g/mol. The molecule has 158 valence electrons. The van der Waals surface area contributed by atoms with Gasteiger partial charge in [-0.15, -0.1) is 13.2 Å². The molecule has 1 heterocycles. The summed E-state index contributed by atoms with van der Waals surface area (Å²) in [4.78, 5) is 8.69. The van der Waals surface area contributed by atoms with Crippen molar-refractivity contribution >= 4 is 11.8 Å². The highest BCUT2D eigenvalue weighted by Crippen LogP contribution is 2.28. The van der Waals surface area contributed by atoms with Gasteiger partial charge in [0.15, 0.2) is 0 Å². The Balaban J connectivity index is 1.81. The van der Waals surface area contributed by atoms with Gasteiger partial charge in [-0.3, -0.25) is 0 Å². The van der Waals surface area contributed by atoms with E-state index in [-0.39, 0.29) is 24.8 Å². The fourth-order valence-electron chi connectivity index (χ4n) is 2.76. The number of nitrogens with zero attached hydrogens (tertiary/aromatic N) is 2. The van der Waals surface area contributed by atoms with Crippen molar-refractivity contribution in [2.75, 3.05) is 30.3 Å². The molecule has 30 heavy (non-hydrogen) atoms. The third-order valence-electron chi connectivity index (χ3n) is 4.05. The number of rotatable bonds is 9. The van der Waals surface area contributed by atoms with Crippen LogP contribution in [-0.4, -0.2) is 41.1 Å². The van der Waals surface area contributed by atoms with Gasteiger partial charge in [0.2, 0.25) is 5.95 Å². The van der Waals surface area contributed by atoms with Crippen LogP contribution in [0.4, 0.5) is 24.9 Å². The van der Waals surface area contributed by atoms with Gasteiger partial charge in [-0.1, -0.05) is 42.5 Å². The van der Waals surface area contributed by atoms with E-state index in [1.807, 2.05) is 30.3 Å². The molecule has 0 spiro atoms. The van der Waals surface area contributed by atoms with Gasteiger partial charge in [0, 0.05) is 24.7 Å². The number of aromatic nitrogens is 2. The molecule has 3 rings (SSSR count). The molecule has 0 amide bonds. The first-order valence-corrected chi connectivity index (χ1v) is 9.31. The first-order chi connectivity index (χ1) is 14.4. The lowest BCUT2D eigenvalue weighted by molar-refractivity contribution is -0.274. The van der Waals surface area contributed by atoms with E-state index >= 15 is 0 Å². The number of nitrogens with one attached hydrogen (secondary N) is 2. The number of aliphatic hydroxyl groups excluding tert-OH is 1. The SMILES string of the molecule is OCCNc1nc(NCCc2ccccc2)cc(-c2cccc(OC(F)(F)F)c2)n1. The van der Waals surface area contributed by atoms with Crippen LogP contribution in [0, 0.1) is 0 Å².